The van der Waals surface area contributed by atoms with Crippen molar-refractivity contribution in [2.45, 2.75) is 66.2 Å². The summed E-state index contributed by atoms with van der Waals surface area (Å²) in [4.78, 5) is 36.8. The number of nitrogens with one attached hydrogen (secondary N) is 2. The molecule has 0 aromatic heterocycles. The number of anilines is 2. The second kappa shape index (κ2) is 17.6. The average Bonchev–Trinajstić information content (AvgIpc) is 3.89. The average molecular weight is 853 g/mol. The third kappa shape index (κ3) is 8.00. The lowest BCUT2D eigenvalue weighted by atomic mass is 10.0. The van der Waals surface area contributed by atoms with E-state index in [1.165, 1.54) is 0 Å². The predicted octanol–water partition coefficient (Wildman–Crippen LogP) is 10.9. The maximum absolute atomic E-state index is 12.8. The van der Waals surface area contributed by atoms with Crippen LogP contribution in [0.25, 0.3) is 11.1 Å². The van der Waals surface area contributed by atoms with Crippen molar-refractivity contribution in [1.82, 2.24) is 0 Å². The summed E-state index contributed by atoms with van der Waals surface area (Å²) in [5.41, 5.74) is 12.1. The lowest BCUT2D eigenvalue weighted by Crippen LogP contribution is -2.10. The third-order valence-corrected chi connectivity index (χ3v) is 10.5. The molecule has 4 aromatic rings. The highest BCUT2D eigenvalue weighted by Gasteiger charge is 2.35. The number of carbonyl (C=O) groups excluding carboxylic acids is 2. The van der Waals surface area contributed by atoms with Crippen LogP contribution in [0.4, 0.5) is 11.4 Å². The lowest BCUT2D eigenvalue weighted by molar-refractivity contribution is -0.113. The summed E-state index contributed by atoms with van der Waals surface area (Å²) in [6, 6.07) is 27.8. The number of allylic oxidation sites excluding steroid dienone is 4. The topological polar surface area (TPSA) is 101 Å². The Hall–Kier alpha value is -4.80. The highest BCUT2D eigenvalue weighted by molar-refractivity contribution is 9.10. The van der Waals surface area contributed by atoms with Gasteiger partial charge in [-0.2, -0.15) is 0 Å². The summed E-state index contributed by atoms with van der Waals surface area (Å²) in [5, 5.41) is 15.6. The number of hydrogen-bond donors (Lipinski definition) is 2. The Morgan fingerprint density at radius 2 is 1.04 bits per heavy atom. The number of fused-ring (bicyclic) bond motifs is 4. The van der Waals surface area contributed by atoms with Gasteiger partial charge in [-0.3, -0.25) is 9.59 Å². The molecule has 54 heavy (non-hydrogen) atoms. The summed E-state index contributed by atoms with van der Waals surface area (Å²) in [5.74, 6) is 0.215. The van der Waals surface area contributed by atoms with Crippen LogP contribution in [-0.4, -0.2) is 36.2 Å². The zero-order valence-electron chi connectivity index (χ0n) is 29.7. The fraction of sp³-hybridized carbons (Fsp3) is 0.273. The van der Waals surface area contributed by atoms with Gasteiger partial charge in [0.1, 0.15) is 24.6 Å². The molecular weight excluding hydrogens is 808 g/mol. The van der Waals surface area contributed by atoms with E-state index in [1.807, 2.05) is 84.9 Å². The highest BCUT2D eigenvalue weighted by Crippen LogP contribution is 2.40. The molecule has 0 fully saturated rings. The quantitative estimate of drug-likeness (QED) is 0.0988. The standard InChI is InChI=1S/C22H21BrN2O2.C21H19BrN2O2.CH4/c1-2-3-6-11-27-25-21-16-7-4-5-8-18(16)24-22(21)20-17-13-15(23)10-9-14(17)12-19(20)26;1-2-3-10-26-24-20-15-6-4-5-7-17(15)23-21(20)19-16-12-14(22)9-8-13(16)11-18(19)25;/h4-5,7-10,13,24H,2-3,6,11-12H2,1H3;4-9,12,23H,2-3,10-11H2,1H3;1H4/b22-20-,25-21+;21-19-,24-20+;. The van der Waals surface area contributed by atoms with Crippen molar-refractivity contribution in [1.29, 1.82) is 0 Å². The Morgan fingerprint density at radius 3 is 1.50 bits per heavy atom. The zero-order chi connectivity index (χ0) is 36.9. The van der Waals surface area contributed by atoms with E-state index in [9.17, 15) is 9.59 Å². The smallest absolute Gasteiger partial charge is 0.170 e. The van der Waals surface area contributed by atoms with Crippen LogP contribution in [0.2, 0.25) is 0 Å². The minimum atomic E-state index is 0. The molecule has 0 unspecified atom stereocenters. The van der Waals surface area contributed by atoms with Crippen LogP contribution in [0.15, 0.2) is 116 Å². The van der Waals surface area contributed by atoms with Crippen molar-refractivity contribution in [3.05, 3.63) is 139 Å². The molecule has 0 amide bonds. The number of para-hydroxylation sites is 2. The number of benzene rings is 4. The van der Waals surface area contributed by atoms with E-state index in [0.717, 1.165) is 97.2 Å². The fourth-order valence-corrected chi connectivity index (χ4v) is 7.62. The van der Waals surface area contributed by atoms with Crippen LogP contribution in [0.3, 0.4) is 0 Å². The minimum Gasteiger partial charge on any atom is -0.395 e. The zero-order valence-corrected chi connectivity index (χ0v) is 32.9. The van der Waals surface area contributed by atoms with E-state index in [4.69, 9.17) is 9.68 Å². The van der Waals surface area contributed by atoms with Gasteiger partial charge in [0, 0.05) is 44.3 Å². The van der Waals surface area contributed by atoms with Gasteiger partial charge in [-0.05, 0) is 71.5 Å². The summed E-state index contributed by atoms with van der Waals surface area (Å²) >= 11 is 7.04. The number of halogens is 2. The van der Waals surface area contributed by atoms with Gasteiger partial charge in [0.25, 0.3) is 0 Å². The number of hydrogen-bond acceptors (Lipinski definition) is 8. The number of unbranched alkanes of at least 4 members (excludes halogenated alkanes) is 3. The second-order valence-electron chi connectivity index (χ2n) is 13.3. The molecule has 2 aliphatic heterocycles. The Kier molecular flexibility index (Phi) is 12.7. The summed E-state index contributed by atoms with van der Waals surface area (Å²) in [6.07, 6.45) is 6.07. The molecular formula is C44H44Br2N4O4. The molecule has 10 heteroatoms. The summed E-state index contributed by atoms with van der Waals surface area (Å²) in [6.45, 7) is 5.42. The number of ketones is 2. The van der Waals surface area contributed by atoms with Gasteiger partial charge < -0.3 is 20.3 Å². The minimum absolute atomic E-state index is 0. The molecule has 0 saturated carbocycles. The molecule has 2 heterocycles. The monoisotopic (exact) mass is 850 g/mol. The van der Waals surface area contributed by atoms with Gasteiger partial charge in [0.15, 0.2) is 11.6 Å². The lowest BCUT2D eigenvalue weighted by Gasteiger charge is -2.08. The first-order valence-corrected chi connectivity index (χ1v) is 19.7. The van der Waals surface area contributed by atoms with Gasteiger partial charge >= 0.3 is 0 Å². The molecule has 4 aromatic carbocycles. The first-order valence-electron chi connectivity index (χ1n) is 18.1. The van der Waals surface area contributed by atoms with Crippen molar-refractivity contribution in [3.63, 3.8) is 0 Å². The Morgan fingerprint density at radius 1 is 0.593 bits per heavy atom. The Bertz CT molecular complexity index is 2220. The third-order valence-electron chi connectivity index (χ3n) is 9.54. The highest BCUT2D eigenvalue weighted by atomic mass is 79.9. The van der Waals surface area contributed by atoms with Gasteiger partial charge in [0.2, 0.25) is 0 Å². The SMILES string of the molecule is C.CCCCCO/N=C1/C(=C2/C(=O)Cc3ccc(Br)cc32)Nc2ccccc21.CCCCO/N=C1/C(=C2/C(=O)Cc3ccc(Br)cc32)Nc2ccccc21. The number of Topliss-reactive ketones (excluding diaryl/α,β-unsaturated/α-hetero) is 2. The van der Waals surface area contributed by atoms with Crippen molar-refractivity contribution < 1.29 is 19.3 Å². The van der Waals surface area contributed by atoms with Crippen LogP contribution in [0.5, 0.6) is 0 Å². The van der Waals surface area contributed by atoms with Gasteiger partial charge in [0.05, 0.1) is 22.5 Å². The normalized spacial score (nSPS) is 19.0. The number of nitrogens with zero attached hydrogens (tertiary/aromatic N) is 2. The first-order chi connectivity index (χ1) is 25.9. The van der Waals surface area contributed by atoms with Crippen molar-refractivity contribution in [2.75, 3.05) is 23.8 Å². The van der Waals surface area contributed by atoms with E-state index in [0.29, 0.717) is 48.6 Å². The first kappa shape index (κ1) is 38.9. The van der Waals surface area contributed by atoms with E-state index >= 15 is 0 Å². The number of oxime groups is 2. The molecule has 0 atom stereocenters. The molecule has 4 aliphatic rings. The molecule has 0 bridgehead atoms. The van der Waals surface area contributed by atoms with Crippen molar-refractivity contribution in [3.8, 4) is 0 Å². The fourth-order valence-electron chi connectivity index (χ4n) is 6.89. The van der Waals surface area contributed by atoms with Gasteiger partial charge in [-0.15, -0.1) is 0 Å². The molecule has 0 saturated heterocycles. The van der Waals surface area contributed by atoms with Crippen LogP contribution >= 0.6 is 31.9 Å². The second-order valence-corrected chi connectivity index (χ2v) is 15.1. The maximum Gasteiger partial charge on any atom is 0.170 e. The summed E-state index contributed by atoms with van der Waals surface area (Å²) < 4.78 is 1.91. The largest absolute Gasteiger partial charge is 0.395 e. The van der Waals surface area contributed by atoms with Crippen LogP contribution in [0.1, 0.15) is 86.8 Å². The molecule has 8 nitrogen and oxygen atoms in total. The Labute approximate surface area is 334 Å². The molecule has 2 aliphatic carbocycles. The molecule has 278 valence electrons. The van der Waals surface area contributed by atoms with Gasteiger partial charge in [-0.1, -0.05) is 131 Å². The number of carbonyl (C=O) groups is 2. The molecule has 2 N–H and O–H groups in total. The van der Waals surface area contributed by atoms with E-state index < -0.39 is 0 Å². The molecule has 0 radical (unpaired) electrons. The van der Waals surface area contributed by atoms with Crippen molar-refractivity contribution >= 4 is 77.4 Å². The molecule has 8 rings (SSSR count). The van der Waals surface area contributed by atoms with Crippen LogP contribution in [-0.2, 0) is 32.1 Å². The summed E-state index contributed by atoms with van der Waals surface area (Å²) in [7, 11) is 0. The van der Waals surface area contributed by atoms with Crippen LogP contribution in [0, 0.1) is 0 Å². The maximum atomic E-state index is 12.8. The Balaban J connectivity index is 0.000000181. The number of rotatable bonds is 9. The van der Waals surface area contributed by atoms with E-state index in [2.05, 4.69) is 66.7 Å². The van der Waals surface area contributed by atoms with Crippen molar-refractivity contribution in [2.24, 2.45) is 10.3 Å². The molecule has 0 spiro atoms. The van der Waals surface area contributed by atoms with E-state index in [1.54, 1.807) is 0 Å². The van der Waals surface area contributed by atoms with E-state index in [-0.39, 0.29) is 19.0 Å². The predicted molar refractivity (Wildman–Crippen MR) is 226 cm³/mol. The van der Waals surface area contributed by atoms with Gasteiger partial charge in [-0.25, -0.2) is 0 Å². The van der Waals surface area contributed by atoms with Crippen LogP contribution < -0.4 is 10.6 Å².